The van der Waals surface area contributed by atoms with E-state index in [4.69, 9.17) is 25.6 Å². The lowest BCUT2D eigenvalue weighted by atomic mass is 10.1. The number of amides is 1. The Kier molecular flexibility index (Phi) is 13.1. The molecule has 1 rings (SSSR count). The normalized spacial score (nSPS) is 12.7. The molecule has 0 unspecified atom stereocenters. The number of benzene rings is 1. The fourth-order valence-corrected chi connectivity index (χ4v) is 2.48. The summed E-state index contributed by atoms with van der Waals surface area (Å²) < 4.78 is 60.9. The van der Waals surface area contributed by atoms with Gasteiger partial charge in [-0.2, -0.15) is 25.9 Å². The maximum atomic E-state index is 12.0. The van der Waals surface area contributed by atoms with E-state index in [0.717, 1.165) is 9.87 Å². The van der Waals surface area contributed by atoms with Crippen LogP contribution in [0.1, 0.15) is 18.4 Å². The van der Waals surface area contributed by atoms with E-state index >= 15 is 0 Å². The number of nitrogens with zero attached hydrogens (tertiary/aromatic N) is 3. The van der Waals surface area contributed by atoms with Crippen LogP contribution in [0, 0.1) is 10.1 Å². The van der Waals surface area contributed by atoms with E-state index in [1.54, 1.807) is 12.1 Å². The molecule has 204 valence electrons. The molecule has 0 heterocycles. The zero-order valence-corrected chi connectivity index (χ0v) is 19.9. The first kappa shape index (κ1) is 32.3. The minimum absolute atomic E-state index is 0.151. The minimum Gasteiger partial charge on any atom is -0.475 e. The summed E-state index contributed by atoms with van der Waals surface area (Å²) in [4.78, 5) is 31.0. The molecule has 15 nitrogen and oxygen atoms in total. The van der Waals surface area contributed by atoms with Gasteiger partial charge in [0.2, 0.25) is 5.91 Å². The molecule has 0 aliphatic heterocycles. The lowest BCUT2D eigenvalue weighted by Crippen LogP contribution is -2.41. The van der Waals surface area contributed by atoms with Crippen molar-refractivity contribution >= 4 is 28.1 Å². The third-order valence-electron chi connectivity index (χ3n) is 3.81. The SMILES string of the molecule is CN(C)S(=O)(=O)Oc1ccc(CNC(=O)[C@H](N)CCCNC(N)=N[N+](=O)[O-])cc1.O=C(O)C(F)(F)F. The summed E-state index contributed by atoms with van der Waals surface area (Å²) in [6, 6.07) is 5.43. The molecule has 7 N–H and O–H groups in total. The van der Waals surface area contributed by atoms with Crippen molar-refractivity contribution in [3.63, 3.8) is 0 Å². The van der Waals surface area contributed by atoms with Gasteiger partial charge in [-0.25, -0.2) is 14.9 Å². The summed E-state index contributed by atoms with van der Waals surface area (Å²) in [6.07, 6.45) is -4.30. The number of alkyl halides is 3. The molecular formula is C17H26F3N7O8S. The first-order chi connectivity index (χ1) is 16.5. The van der Waals surface area contributed by atoms with Crippen molar-refractivity contribution in [3.05, 3.63) is 39.9 Å². The number of hydrogen-bond donors (Lipinski definition) is 5. The standard InChI is InChI=1S/C15H25N7O6S.C2HF3O2/c1-21(2)29(26,27)28-12-7-5-11(6-8-12)10-19-14(23)13(16)4-3-9-18-15(17)20-22(24)25;3-2(4,5)1(6)7/h5-8,13H,3-4,9-10,16H2,1-2H3,(H,19,23)(H3,17,18,20);(H,6,7)/t13-;/m1./s1. The number of nitrogens with two attached hydrogens (primary N) is 2. The molecule has 0 spiro atoms. The molecule has 0 aliphatic carbocycles. The Bertz CT molecular complexity index is 1020. The lowest BCUT2D eigenvalue weighted by Gasteiger charge is -2.13. The van der Waals surface area contributed by atoms with Gasteiger partial charge < -0.3 is 31.4 Å². The van der Waals surface area contributed by atoms with Crippen LogP contribution in [0.2, 0.25) is 0 Å². The summed E-state index contributed by atoms with van der Waals surface area (Å²) in [5.74, 6) is -3.29. The Morgan fingerprint density at radius 3 is 2.22 bits per heavy atom. The molecule has 36 heavy (non-hydrogen) atoms. The number of rotatable bonds is 11. The van der Waals surface area contributed by atoms with Gasteiger partial charge in [-0.1, -0.05) is 12.1 Å². The molecule has 0 radical (unpaired) electrons. The highest BCUT2D eigenvalue weighted by atomic mass is 32.2. The van der Waals surface area contributed by atoms with Gasteiger partial charge >= 0.3 is 22.4 Å². The summed E-state index contributed by atoms with van der Waals surface area (Å²) in [7, 11) is -1.12. The number of halogens is 3. The second-order valence-electron chi connectivity index (χ2n) is 6.89. The van der Waals surface area contributed by atoms with Crippen LogP contribution in [0.4, 0.5) is 13.2 Å². The molecule has 0 fully saturated rings. The summed E-state index contributed by atoms with van der Waals surface area (Å²) >= 11 is 0. The van der Waals surface area contributed by atoms with Gasteiger partial charge in [-0.05, 0) is 30.5 Å². The van der Waals surface area contributed by atoms with Crippen LogP contribution in [0.25, 0.3) is 0 Å². The van der Waals surface area contributed by atoms with E-state index < -0.39 is 33.5 Å². The second kappa shape index (κ2) is 14.6. The smallest absolute Gasteiger partial charge is 0.475 e. The number of hydrogen-bond acceptors (Lipinski definition) is 8. The van der Waals surface area contributed by atoms with Gasteiger partial charge in [-0.15, -0.1) is 0 Å². The molecule has 0 aromatic heterocycles. The number of guanidine groups is 1. The second-order valence-corrected chi connectivity index (χ2v) is 8.64. The third-order valence-corrected chi connectivity index (χ3v) is 5.10. The summed E-state index contributed by atoms with van der Waals surface area (Å²) in [5.41, 5.74) is 11.8. The summed E-state index contributed by atoms with van der Waals surface area (Å²) in [5, 5.41) is 24.4. The van der Waals surface area contributed by atoms with E-state index in [1.807, 2.05) is 0 Å². The third kappa shape index (κ3) is 13.9. The molecule has 1 amide bonds. The van der Waals surface area contributed by atoms with Crippen molar-refractivity contribution in [3.8, 4) is 5.75 Å². The van der Waals surface area contributed by atoms with Crippen LogP contribution in [0.5, 0.6) is 5.75 Å². The Balaban J connectivity index is 0.00000152. The molecule has 0 aliphatic rings. The fourth-order valence-electron chi connectivity index (χ4n) is 1.97. The minimum atomic E-state index is -5.08. The van der Waals surface area contributed by atoms with Crippen LogP contribution in [0.3, 0.4) is 0 Å². The lowest BCUT2D eigenvalue weighted by molar-refractivity contribution is -0.485. The first-order valence-corrected chi connectivity index (χ1v) is 11.1. The van der Waals surface area contributed by atoms with E-state index in [2.05, 4.69) is 15.7 Å². The van der Waals surface area contributed by atoms with Crippen molar-refractivity contribution < 1.29 is 45.5 Å². The highest BCUT2D eigenvalue weighted by Crippen LogP contribution is 2.15. The number of carbonyl (C=O) groups excluding carboxylic acids is 1. The van der Waals surface area contributed by atoms with Gasteiger partial charge in [0.1, 0.15) is 10.9 Å². The predicted molar refractivity (Wildman–Crippen MR) is 119 cm³/mol. The number of carboxylic acid groups (broad SMARTS) is 1. The van der Waals surface area contributed by atoms with E-state index in [-0.39, 0.29) is 30.7 Å². The Morgan fingerprint density at radius 2 is 1.78 bits per heavy atom. The van der Waals surface area contributed by atoms with Crippen molar-refractivity contribution in [2.24, 2.45) is 16.6 Å². The Hall–Kier alpha value is -3.71. The predicted octanol–water partition coefficient (Wildman–Crippen LogP) is -0.675. The highest BCUT2D eigenvalue weighted by Gasteiger charge is 2.38. The monoisotopic (exact) mass is 545 g/mol. The van der Waals surface area contributed by atoms with Gasteiger partial charge in [0.25, 0.3) is 5.96 Å². The number of carboxylic acids is 1. The van der Waals surface area contributed by atoms with Gasteiger partial charge in [0.05, 0.1) is 6.04 Å². The Morgan fingerprint density at radius 1 is 1.25 bits per heavy atom. The zero-order chi connectivity index (χ0) is 28.1. The number of aliphatic carboxylic acids is 1. The Labute approximate surface area is 203 Å². The van der Waals surface area contributed by atoms with Crippen molar-refractivity contribution in [2.45, 2.75) is 31.6 Å². The van der Waals surface area contributed by atoms with Gasteiger partial charge in [0, 0.05) is 27.2 Å². The zero-order valence-electron chi connectivity index (χ0n) is 19.1. The molecular weight excluding hydrogens is 519 g/mol. The fraction of sp³-hybridized carbons (Fsp3) is 0.471. The van der Waals surface area contributed by atoms with Crippen LogP contribution in [-0.2, 0) is 26.4 Å². The molecule has 1 aromatic carbocycles. The first-order valence-electron chi connectivity index (χ1n) is 9.72. The number of carbonyl (C=O) groups is 2. The van der Waals surface area contributed by atoms with E-state index in [1.165, 1.54) is 26.2 Å². The largest absolute Gasteiger partial charge is 0.490 e. The molecule has 0 saturated carbocycles. The van der Waals surface area contributed by atoms with E-state index in [9.17, 15) is 36.5 Å². The van der Waals surface area contributed by atoms with Gasteiger partial charge in [0.15, 0.2) is 5.03 Å². The topological polar surface area (TPSA) is 233 Å². The maximum absolute atomic E-state index is 12.0. The van der Waals surface area contributed by atoms with E-state index in [0.29, 0.717) is 12.8 Å². The molecule has 1 atom stereocenters. The maximum Gasteiger partial charge on any atom is 0.490 e. The average molecular weight is 545 g/mol. The average Bonchev–Trinajstić information content (AvgIpc) is 2.74. The van der Waals surface area contributed by atoms with Crippen molar-refractivity contribution in [1.82, 2.24) is 14.9 Å². The van der Waals surface area contributed by atoms with Crippen LogP contribution >= 0.6 is 0 Å². The molecule has 0 saturated heterocycles. The number of hydrazone groups is 1. The van der Waals surface area contributed by atoms with Crippen LogP contribution in [0.15, 0.2) is 29.4 Å². The summed E-state index contributed by atoms with van der Waals surface area (Å²) in [6.45, 7) is 0.482. The molecule has 0 bridgehead atoms. The molecule has 19 heteroatoms. The van der Waals surface area contributed by atoms with Crippen LogP contribution < -0.4 is 26.3 Å². The highest BCUT2D eigenvalue weighted by molar-refractivity contribution is 7.84. The van der Waals surface area contributed by atoms with Crippen molar-refractivity contribution in [2.75, 3.05) is 20.6 Å². The van der Waals surface area contributed by atoms with Crippen LogP contribution in [-0.4, -0.2) is 73.6 Å². The quantitative estimate of drug-likeness (QED) is 0.0768. The molecule has 1 aromatic rings. The number of nitrogens with one attached hydrogen (secondary N) is 2. The van der Waals surface area contributed by atoms with Gasteiger partial charge in [-0.3, -0.25) is 4.79 Å². The van der Waals surface area contributed by atoms with Crippen molar-refractivity contribution in [1.29, 1.82) is 0 Å². The number of nitro groups is 1.